The first-order chi connectivity index (χ1) is 15.9. The SMILES string of the molecule is Cc1cc(Cl)cc(-c2ccnc3c(F)c(CN4C(=O)CCC4=O)sc23)c1O[C@H]1CCCNC1. The molecule has 2 aromatic heterocycles. The van der Waals surface area contributed by atoms with Gasteiger partial charge in [0.25, 0.3) is 0 Å². The zero-order valence-corrected chi connectivity index (χ0v) is 19.7. The number of ether oxygens (including phenoxy) is 1. The molecule has 0 saturated carbocycles. The second-order valence-electron chi connectivity index (χ2n) is 8.43. The van der Waals surface area contributed by atoms with Gasteiger partial charge in [-0.3, -0.25) is 19.5 Å². The van der Waals surface area contributed by atoms with Gasteiger partial charge in [0.2, 0.25) is 11.8 Å². The Labute approximate surface area is 199 Å². The fourth-order valence-corrected chi connectivity index (χ4v) is 5.86. The molecule has 1 N–H and O–H groups in total. The zero-order chi connectivity index (χ0) is 23.1. The summed E-state index contributed by atoms with van der Waals surface area (Å²) in [7, 11) is 0. The van der Waals surface area contributed by atoms with Crippen LogP contribution in [-0.2, 0) is 16.1 Å². The highest BCUT2D eigenvalue weighted by Crippen LogP contribution is 2.43. The minimum absolute atomic E-state index is 0.0394. The topological polar surface area (TPSA) is 71.5 Å². The summed E-state index contributed by atoms with van der Waals surface area (Å²) in [5.41, 5.74) is 2.66. The van der Waals surface area contributed by atoms with E-state index in [4.69, 9.17) is 16.3 Å². The molecule has 1 aromatic carbocycles. The van der Waals surface area contributed by atoms with Crippen molar-refractivity contribution in [2.75, 3.05) is 13.1 Å². The molecule has 2 aliphatic heterocycles. The molecule has 172 valence electrons. The molecule has 2 amide bonds. The van der Waals surface area contributed by atoms with Gasteiger partial charge in [-0.2, -0.15) is 0 Å². The highest BCUT2D eigenvalue weighted by molar-refractivity contribution is 7.19. The second kappa shape index (κ2) is 9.00. The lowest BCUT2D eigenvalue weighted by Crippen LogP contribution is -2.37. The molecule has 0 unspecified atom stereocenters. The van der Waals surface area contributed by atoms with E-state index in [2.05, 4.69) is 10.3 Å². The standard InChI is InChI=1S/C24H23ClFN3O3S/c1-13-9-14(25)10-17(23(13)32-15-3-2-7-27-11-15)16-6-8-28-22-21(26)18(33-24(16)22)12-29-19(30)4-5-20(29)31/h6,8-10,15,27H,2-5,7,11-12H2,1H3/t15-/m0/s1. The summed E-state index contributed by atoms with van der Waals surface area (Å²) in [6, 6.07) is 5.52. The maximum absolute atomic E-state index is 15.3. The summed E-state index contributed by atoms with van der Waals surface area (Å²) < 4.78 is 22.4. The molecule has 2 saturated heterocycles. The lowest BCUT2D eigenvalue weighted by Gasteiger charge is -2.26. The van der Waals surface area contributed by atoms with E-state index in [0.29, 0.717) is 14.6 Å². The van der Waals surface area contributed by atoms with Gasteiger partial charge in [0.05, 0.1) is 16.1 Å². The van der Waals surface area contributed by atoms with Gasteiger partial charge in [0.15, 0.2) is 5.82 Å². The summed E-state index contributed by atoms with van der Waals surface area (Å²) in [5, 5.41) is 3.92. The first-order valence-corrected chi connectivity index (χ1v) is 12.2. The van der Waals surface area contributed by atoms with Crippen molar-refractivity contribution < 1.29 is 18.7 Å². The van der Waals surface area contributed by atoms with Crippen LogP contribution in [0.1, 0.15) is 36.1 Å². The number of fused-ring (bicyclic) bond motifs is 1. The van der Waals surface area contributed by atoms with Gasteiger partial charge in [-0.25, -0.2) is 4.39 Å². The molecule has 33 heavy (non-hydrogen) atoms. The largest absolute Gasteiger partial charge is 0.488 e. The average Bonchev–Trinajstić information content (AvgIpc) is 3.30. The summed E-state index contributed by atoms with van der Waals surface area (Å²) in [6.07, 6.45) is 3.94. The van der Waals surface area contributed by atoms with Crippen LogP contribution in [0.3, 0.4) is 0 Å². The minimum atomic E-state index is -0.498. The fraction of sp³-hybridized carbons (Fsp3) is 0.375. The first-order valence-electron chi connectivity index (χ1n) is 11.0. The van der Waals surface area contributed by atoms with Crippen molar-refractivity contribution in [1.29, 1.82) is 0 Å². The maximum Gasteiger partial charge on any atom is 0.230 e. The number of hydrogen-bond donors (Lipinski definition) is 1. The molecule has 6 nitrogen and oxygen atoms in total. The number of thiophene rings is 1. The van der Waals surface area contributed by atoms with Crippen LogP contribution >= 0.6 is 22.9 Å². The van der Waals surface area contributed by atoms with Gasteiger partial charge in [0.1, 0.15) is 17.4 Å². The maximum atomic E-state index is 15.3. The van der Waals surface area contributed by atoms with Crippen LogP contribution in [0.15, 0.2) is 24.4 Å². The lowest BCUT2D eigenvalue weighted by molar-refractivity contribution is -0.139. The predicted molar refractivity (Wildman–Crippen MR) is 126 cm³/mol. The van der Waals surface area contributed by atoms with Crippen LogP contribution in [0.5, 0.6) is 5.75 Å². The van der Waals surface area contributed by atoms with E-state index in [9.17, 15) is 9.59 Å². The molecular weight excluding hydrogens is 465 g/mol. The van der Waals surface area contributed by atoms with Crippen LogP contribution in [0.25, 0.3) is 21.3 Å². The van der Waals surface area contributed by atoms with Crippen molar-refractivity contribution in [3.63, 3.8) is 0 Å². The number of carbonyl (C=O) groups is 2. The summed E-state index contributed by atoms with van der Waals surface area (Å²) in [6.45, 7) is 3.62. The van der Waals surface area contributed by atoms with Gasteiger partial charge in [-0.15, -0.1) is 11.3 Å². The molecule has 0 bridgehead atoms. The number of nitrogens with one attached hydrogen (secondary N) is 1. The Morgan fingerprint density at radius 1 is 1.27 bits per heavy atom. The van der Waals surface area contributed by atoms with Crippen LogP contribution < -0.4 is 10.1 Å². The average molecular weight is 488 g/mol. The number of aryl methyl sites for hydroxylation is 1. The molecule has 0 spiro atoms. The van der Waals surface area contributed by atoms with Crippen LogP contribution in [0.4, 0.5) is 4.39 Å². The van der Waals surface area contributed by atoms with E-state index in [1.54, 1.807) is 6.20 Å². The Morgan fingerprint density at radius 3 is 2.79 bits per heavy atom. The number of rotatable bonds is 5. The fourth-order valence-electron chi connectivity index (χ4n) is 4.44. The molecule has 3 aromatic rings. The van der Waals surface area contributed by atoms with E-state index in [1.807, 2.05) is 25.1 Å². The van der Waals surface area contributed by atoms with Crippen molar-refractivity contribution in [2.45, 2.75) is 45.3 Å². The number of amides is 2. The highest BCUT2D eigenvalue weighted by atomic mass is 35.5. The molecule has 1 atom stereocenters. The van der Waals surface area contributed by atoms with Crippen LogP contribution in [0.2, 0.25) is 5.02 Å². The molecule has 2 aliphatic rings. The van der Waals surface area contributed by atoms with E-state index in [0.717, 1.165) is 53.3 Å². The van der Waals surface area contributed by atoms with Crippen molar-refractivity contribution in [1.82, 2.24) is 15.2 Å². The quantitative estimate of drug-likeness (QED) is 0.521. The number of aromatic nitrogens is 1. The predicted octanol–water partition coefficient (Wildman–Crippen LogP) is 4.84. The van der Waals surface area contributed by atoms with Gasteiger partial charge >= 0.3 is 0 Å². The number of imide groups is 1. The molecule has 9 heteroatoms. The van der Waals surface area contributed by atoms with Gasteiger partial charge in [-0.05, 0) is 50.1 Å². The zero-order valence-electron chi connectivity index (χ0n) is 18.1. The molecule has 2 fully saturated rings. The normalized spacial score (nSPS) is 19.0. The number of piperidine rings is 1. The smallest absolute Gasteiger partial charge is 0.230 e. The number of benzene rings is 1. The molecule has 0 radical (unpaired) electrons. The van der Waals surface area contributed by atoms with Crippen molar-refractivity contribution in [3.05, 3.63) is 45.7 Å². The number of halogens is 2. The second-order valence-corrected chi connectivity index (χ2v) is 9.98. The van der Waals surface area contributed by atoms with Gasteiger partial charge in [-0.1, -0.05) is 11.6 Å². The Kier molecular flexibility index (Phi) is 6.07. The highest BCUT2D eigenvalue weighted by Gasteiger charge is 2.31. The lowest BCUT2D eigenvalue weighted by atomic mass is 10.0. The Hall–Kier alpha value is -2.55. The summed E-state index contributed by atoms with van der Waals surface area (Å²) in [4.78, 5) is 29.8. The van der Waals surface area contributed by atoms with Gasteiger partial charge in [0, 0.05) is 41.7 Å². The number of carbonyl (C=O) groups excluding carboxylic acids is 2. The minimum Gasteiger partial charge on any atom is -0.488 e. The van der Waals surface area contributed by atoms with E-state index in [1.165, 1.54) is 11.3 Å². The monoisotopic (exact) mass is 487 g/mol. The molecular formula is C24H23ClFN3O3S. The first kappa shape index (κ1) is 22.3. The van der Waals surface area contributed by atoms with E-state index >= 15 is 4.39 Å². The summed E-state index contributed by atoms with van der Waals surface area (Å²) >= 11 is 7.62. The molecule has 4 heterocycles. The Balaban J connectivity index is 1.59. The summed E-state index contributed by atoms with van der Waals surface area (Å²) in [5.74, 6) is -0.317. The number of nitrogens with zero attached hydrogens (tertiary/aromatic N) is 2. The molecule has 5 rings (SSSR count). The number of pyridine rings is 1. The van der Waals surface area contributed by atoms with Crippen molar-refractivity contribution in [2.24, 2.45) is 0 Å². The number of likely N-dealkylation sites (tertiary alicyclic amines) is 1. The van der Waals surface area contributed by atoms with Crippen LogP contribution in [0, 0.1) is 12.7 Å². The third-order valence-electron chi connectivity index (χ3n) is 6.10. The van der Waals surface area contributed by atoms with Crippen molar-refractivity contribution >= 4 is 45.0 Å². The van der Waals surface area contributed by atoms with Crippen LogP contribution in [-0.4, -0.2) is 40.9 Å². The van der Waals surface area contributed by atoms with E-state index < -0.39 is 5.82 Å². The van der Waals surface area contributed by atoms with Gasteiger partial charge < -0.3 is 10.1 Å². The Morgan fingerprint density at radius 2 is 2.06 bits per heavy atom. The number of hydrogen-bond acceptors (Lipinski definition) is 6. The van der Waals surface area contributed by atoms with Crippen molar-refractivity contribution in [3.8, 4) is 16.9 Å². The van der Waals surface area contributed by atoms with E-state index in [-0.39, 0.29) is 42.8 Å². The Bertz CT molecular complexity index is 1240. The third-order valence-corrected chi connectivity index (χ3v) is 7.50. The molecule has 0 aliphatic carbocycles. The third kappa shape index (κ3) is 4.23.